The molecule has 84 valence electrons. The molecule has 0 aliphatic carbocycles. The number of hydrogen-bond donors (Lipinski definition) is 1. The summed E-state index contributed by atoms with van der Waals surface area (Å²) in [4.78, 5) is 8.01. The van der Waals surface area contributed by atoms with Gasteiger partial charge in [-0.2, -0.15) is 11.3 Å². The Labute approximate surface area is 104 Å². The smallest absolute Gasteiger partial charge is 0.139 e. The van der Waals surface area contributed by atoms with Gasteiger partial charge in [-0.1, -0.05) is 30.3 Å². The quantitative estimate of drug-likeness (QED) is 0.717. The maximum Gasteiger partial charge on any atom is 0.139 e. The summed E-state index contributed by atoms with van der Waals surface area (Å²) < 4.78 is 0. The fraction of sp³-hybridized carbons (Fsp3) is 0.0714. The van der Waals surface area contributed by atoms with Crippen molar-refractivity contribution in [1.82, 2.24) is 9.97 Å². The summed E-state index contributed by atoms with van der Waals surface area (Å²) in [5.74, 6) is 0.947. The highest BCUT2D eigenvalue weighted by Gasteiger charge is 2.09. The van der Waals surface area contributed by atoms with Crippen LogP contribution in [0.4, 0.5) is 0 Å². The van der Waals surface area contributed by atoms with Crippen LogP contribution in [-0.4, -0.2) is 9.97 Å². The van der Waals surface area contributed by atoms with E-state index in [0.29, 0.717) is 0 Å². The minimum atomic E-state index is 0.947. The van der Waals surface area contributed by atoms with Gasteiger partial charge in [0.05, 0.1) is 5.69 Å². The van der Waals surface area contributed by atoms with Crippen molar-refractivity contribution < 1.29 is 0 Å². The van der Waals surface area contributed by atoms with Crippen molar-refractivity contribution in [3.8, 4) is 22.6 Å². The average molecular weight is 240 g/mol. The number of benzene rings is 1. The van der Waals surface area contributed by atoms with Crippen LogP contribution in [0, 0.1) is 6.92 Å². The molecule has 0 radical (unpaired) electrons. The van der Waals surface area contributed by atoms with Crippen molar-refractivity contribution in [3.63, 3.8) is 0 Å². The van der Waals surface area contributed by atoms with Gasteiger partial charge in [-0.05, 0) is 18.4 Å². The highest BCUT2D eigenvalue weighted by Crippen LogP contribution is 2.26. The zero-order valence-electron chi connectivity index (χ0n) is 9.47. The molecule has 3 aromatic rings. The van der Waals surface area contributed by atoms with Gasteiger partial charge in [0.15, 0.2) is 0 Å². The number of H-pyrrole nitrogens is 1. The van der Waals surface area contributed by atoms with Crippen LogP contribution in [-0.2, 0) is 0 Å². The number of hydrogen-bond acceptors (Lipinski definition) is 2. The minimum absolute atomic E-state index is 0.947. The van der Waals surface area contributed by atoms with E-state index in [0.717, 1.165) is 28.3 Å². The molecule has 0 spiro atoms. The van der Waals surface area contributed by atoms with E-state index < -0.39 is 0 Å². The maximum absolute atomic E-state index is 4.67. The number of imidazole rings is 1. The molecule has 1 N–H and O–H groups in total. The molecule has 1 aromatic carbocycles. The van der Waals surface area contributed by atoms with Crippen LogP contribution in [0.3, 0.4) is 0 Å². The molecule has 2 nitrogen and oxygen atoms in total. The third-order valence-corrected chi connectivity index (χ3v) is 3.41. The highest BCUT2D eigenvalue weighted by molar-refractivity contribution is 7.08. The maximum atomic E-state index is 4.67. The van der Waals surface area contributed by atoms with E-state index in [1.807, 2.05) is 18.2 Å². The molecule has 0 saturated heterocycles. The van der Waals surface area contributed by atoms with Crippen LogP contribution in [0.15, 0.2) is 47.2 Å². The lowest BCUT2D eigenvalue weighted by Crippen LogP contribution is -1.79. The van der Waals surface area contributed by atoms with Gasteiger partial charge in [0, 0.05) is 22.2 Å². The lowest BCUT2D eigenvalue weighted by molar-refractivity contribution is 1.26. The summed E-state index contributed by atoms with van der Waals surface area (Å²) in [5, 5.41) is 4.17. The standard InChI is InChI=1S/C14H12N2S/c1-10-13(11-5-3-2-4-6-11)16-14(15-10)12-7-8-17-9-12/h2-9H,1H3,(H,15,16). The van der Waals surface area contributed by atoms with Crippen LogP contribution in [0.1, 0.15) is 5.69 Å². The lowest BCUT2D eigenvalue weighted by atomic mass is 10.1. The van der Waals surface area contributed by atoms with Gasteiger partial charge < -0.3 is 4.98 Å². The Balaban J connectivity index is 2.08. The molecule has 2 aromatic heterocycles. The summed E-state index contributed by atoms with van der Waals surface area (Å²) in [6, 6.07) is 12.3. The van der Waals surface area contributed by atoms with Gasteiger partial charge in [0.2, 0.25) is 0 Å². The summed E-state index contributed by atoms with van der Waals surface area (Å²) in [5.41, 5.74) is 4.45. The van der Waals surface area contributed by atoms with Gasteiger partial charge in [-0.3, -0.25) is 0 Å². The van der Waals surface area contributed by atoms with E-state index in [9.17, 15) is 0 Å². The van der Waals surface area contributed by atoms with E-state index in [1.54, 1.807) is 11.3 Å². The summed E-state index contributed by atoms with van der Waals surface area (Å²) in [6.07, 6.45) is 0. The number of nitrogens with zero attached hydrogens (tertiary/aromatic N) is 1. The summed E-state index contributed by atoms with van der Waals surface area (Å²) in [7, 11) is 0. The van der Waals surface area contributed by atoms with Gasteiger partial charge in [-0.15, -0.1) is 0 Å². The number of aromatic amines is 1. The van der Waals surface area contributed by atoms with Crippen LogP contribution >= 0.6 is 11.3 Å². The molecule has 0 bridgehead atoms. The molecular formula is C14H12N2S. The van der Waals surface area contributed by atoms with Gasteiger partial charge in [-0.25, -0.2) is 4.98 Å². The Morgan fingerprint density at radius 3 is 2.59 bits per heavy atom. The second-order valence-electron chi connectivity index (χ2n) is 3.94. The Bertz CT molecular complexity index is 609. The first kappa shape index (κ1) is 10.3. The number of thiophene rings is 1. The largest absolute Gasteiger partial charge is 0.342 e. The predicted molar refractivity (Wildman–Crippen MR) is 72.1 cm³/mol. The number of aryl methyl sites for hydroxylation is 1. The average Bonchev–Trinajstić information content (AvgIpc) is 2.99. The Morgan fingerprint density at radius 1 is 1.06 bits per heavy atom. The van der Waals surface area contributed by atoms with E-state index in [1.165, 1.54) is 0 Å². The zero-order chi connectivity index (χ0) is 11.7. The second-order valence-corrected chi connectivity index (χ2v) is 4.72. The highest BCUT2D eigenvalue weighted by atomic mass is 32.1. The Hall–Kier alpha value is -1.87. The predicted octanol–water partition coefficient (Wildman–Crippen LogP) is 4.11. The molecule has 2 heterocycles. The summed E-state index contributed by atoms with van der Waals surface area (Å²) >= 11 is 1.69. The van der Waals surface area contributed by atoms with Crippen LogP contribution in [0.25, 0.3) is 22.6 Å². The van der Waals surface area contributed by atoms with Gasteiger partial charge >= 0.3 is 0 Å². The number of nitrogens with one attached hydrogen (secondary N) is 1. The van der Waals surface area contributed by atoms with Crippen LogP contribution < -0.4 is 0 Å². The molecule has 3 heteroatoms. The van der Waals surface area contributed by atoms with Crippen LogP contribution in [0.2, 0.25) is 0 Å². The first-order valence-corrected chi connectivity index (χ1v) is 6.43. The fourth-order valence-corrected chi connectivity index (χ4v) is 2.51. The van der Waals surface area contributed by atoms with Gasteiger partial charge in [0.1, 0.15) is 5.82 Å². The third kappa shape index (κ3) is 1.89. The third-order valence-electron chi connectivity index (χ3n) is 2.73. The fourth-order valence-electron chi connectivity index (χ4n) is 1.87. The monoisotopic (exact) mass is 240 g/mol. The van der Waals surface area contributed by atoms with Crippen molar-refractivity contribution in [2.75, 3.05) is 0 Å². The normalized spacial score (nSPS) is 10.6. The molecule has 0 aliphatic rings. The minimum Gasteiger partial charge on any atom is -0.342 e. The van der Waals surface area contributed by atoms with Crippen molar-refractivity contribution in [1.29, 1.82) is 0 Å². The number of aromatic nitrogens is 2. The molecule has 17 heavy (non-hydrogen) atoms. The van der Waals surface area contributed by atoms with Gasteiger partial charge in [0.25, 0.3) is 0 Å². The van der Waals surface area contributed by atoms with Crippen molar-refractivity contribution in [2.24, 2.45) is 0 Å². The first-order chi connectivity index (χ1) is 8.34. The van der Waals surface area contributed by atoms with Crippen molar-refractivity contribution >= 4 is 11.3 Å². The topological polar surface area (TPSA) is 28.7 Å². The lowest BCUT2D eigenvalue weighted by Gasteiger charge is -1.96. The number of rotatable bonds is 2. The van der Waals surface area contributed by atoms with Crippen LogP contribution in [0.5, 0.6) is 0 Å². The zero-order valence-corrected chi connectivity index (χ0v) is 10.3. The van der Waals surface area contributed by atoms with Crippen molar-refractivity contribution in [2.45, 2.75) is 6.92 Å². The summed E-state index contributed by atoms with van der Waals surface area (Å²) in [6.45, 7) is 2.06. The van der Waals surface area contributed by atoms with E-state index in [2.05, 4.69) is 45.9 Å². The SMILES string of the molecule is Cc1[nH]c(-c2ccsc2)nc1-c1ccccc1. The first-order valence-electron chi connectivity index (χ1n) is 5.49. The Morgan fingerprint density at radius 2 is 1.88 bits per heavy atom. The van der Waals surface area contributed by atoms with E-state index >= 15 is 0 Å². The molecule has 0 saturated carbocycles. The molecule has 0 atom stereocenters. The van der Waals surface area contributed by atoms with E-state index in [4.69, 9.17) is 0 Å². The second kappa shape index (κ2) is 4.18. The molecule has 3 rings (SSSR count). The molecular weight excluding hydrogens is 228 g/mol. The Kier molecular flexibility index (Phi) is 2.53. The molecule has 0 aliphatic heterocycles. The molecule has 0 unspecified atom stereocenters. The molecule has 0 fully saturated rings. The molecule has 0 amide bonds. The van der Waals surface area contributed by atoms with Crippen molar-refractivity contribution in [3.05, 3.63) is 52.9 Å². The van der Waals surface area contributed by atoms with E-state index in [-0.39, 0.29) is 0 Å².